The van der Waals surface area contributed by atoms with E-state index in [2.05, 4.69) is 48.6 Å². The molecule has 0 aliphatic carbocycles. The Kier molecular flexibility index (Phi) is 7.76. The highest BCUT2D eigenvalue weighted by molar-refractivity contribution is 14.1. The molecule has 0 fully saturated rings. The predicted molar refractivity (Wildman–Crippen MR) is 161 cm³/mol. The van der Waals surface area contributed by atoms with Crippen LogP contribution in [0.15, 0.2) is 94.2 Å². The van der Waals surface area contributed by atoms with Gasteiger partial charge in [-0.3, -0.25) is 9.36 Å². The summed E-state index contributed by atoms with van der Waals surface area (Å²) in [7, 11) is 0. The number of carbonyl (C=O) groups excluding carboxylic acids is 1. The van der Waals surface area contributed by atoms with Gasteiger partial charge in [-0.05, 0) is 70.3 Å². The highest BCUT2D eigenvalue weighted by Crippen LogP contribution is 2.35. The molecule has 5 nitrogen and oxygen atoms in total. The minimum absolute atomic E-state index is 0.181. The number of ether oxygens (including phenoxy) is 1. The summed E-state index contributed by atoms with van der Waals surface area (Å²) in [4.78, 5) is 32.9. The van der Waals surface area contributed by atoms with Crippen LogP contribution in [0, 0.1) is 3.57 Å². The maximum absolute atomic E-state index is 13.9. The van der Waals surface area contributed by atoms with Crippen molar-refractivity contribution in [3.63, 3.8) is 0 Å². The summed E-state index contributed by atoms with van der Waals surface area (Å²) >= 11 is 3.60. The van der Waals surface area contributed by atoms with Gasteiger partial charge in [0.15, 0.2) is 4.80 Å². The number of rotatable bonds is 6. The SMILES string of the molecule is CCOC(=O)C1=C(c2ccccc2)N=c2s/c(=C/c3cccc(I)c3)c(=O)n2[C@H]1c1ccc(C(C)C)cc1. The van der Waals surface area contributed by atoms with Crippen molar-refractivity contribution in [2.45, 2.75) is 32.7 Å². The molecule has 0 amide bonds. The fraction of sp³-hybridized carbons (Fsp3) is 0.194. The molecule has 0 spiro atoms. The topological polar surface area (TPSA) is 60.7 Å². The van der Waals surface area contributed by atoms with E-state index in [1.807, 2.05) is 72.8 Å². The number of fused-ring (bicyclic) bond motifs is 1. The zero-order valence-electron chi connectivity index (χ0n) is 21.4. The second-order valence-corrected chi connectivity index (χ2v) is 11.6. The maximum atomic E-state index is 13.9. The molecule has 38 heavy (non-hydrogen) atoms. The van der Waals surface area contributed by atoms with E-state index in [9.17, 15) is 9.59 Å². The second-order valence-electron chi connectivity index (χ2n) is 9.31. The third-order valence-corrected chi connectivity index (χ3v) is 8.09. The molecule has 192 valence electrons. The molecule has 3 aromatic carbocycles. The summed E-state index contributed by atoms with van der Waals surface area (Å²) in [6.07, 6.45) is 1.89. The van der Waals surface area contributed by atoms with Crippen LogP contribution in [0.25, 0.3) is 11.8 Å². The van der Waals surface area contributed by atoms with Crippen LogP contribution in [0.1, 0.15) is 55.0 Å². The number of hydrogen-bond donors (Lipinski definition) is 0. The highest BCUT2D eigenvalue weighted by Gasteiger charge is 2.35. The Morgan fingerprint density at radius 3 is 2.47 bits per heavy atom. The zero-order valence-corrected chi connectivity index (χ0v) is 24.3. The van der Waals surface area contributed by atoms with Crippen molar-refractivity contribution in [1.29, 1.82) is 0 Å². The average Bonchev–Trinajstić information content (AvgIpc) is 3.22. The third-order valence-electron chi connectivity index (χ3n) is 6.44. The first-order valence-corrected chi connectivity index (χ1v) is 14.4. The molecule has 1 aliphatic heterocycles. The average molecular weight is 635 g/mol. The number of benzene rings is 3. The van der Waals surface area contributed by atoms with Crippen LogP contribution in [-0.2, 0) is 9.53 Å². The van der Waals surface area contributed by atoms with Gasteiger partial charge in [0.1, 0.15) is 0 Å². The maximum Gasteiger partial charge on any atom is 0.338 e. The largest absolute Gasteiger partial charge is 0.463 e. The minimum Gasteiger partial charge on any atom is -0.463 e. The second kappa shape index (κ2) is 11.2. The number of nitrogens with zero attached hydrogens (tertiary/aromatic N) is 2. The van der Waals surface area contributed by atoms with Crippen LogP contribution in [0.3, 0.4) is 0 Å². The van der Waals surface area contributed by atoms with Crippen molar-refractivity contribution in [1.82, 2.24) is 4.57 Å². The summed E-state index contributed by atoms with van der Waals surface area (Å²) in [6.45, 7) is 6.28. The quantitative estimate of drug-likeness (QED) is 0.203. The fourth-order valence-corrected chi connectivity index (χ4v) is 6.13. The van der Waals surface area contributed by atoms with E-state index < -0.39 is 12.0 Å². The molecule has 0 saturated carbocycles. The van der Waals surface area contributed by atoms with Crippen LogP contribution >= 0.6 is 33.9 Å². The number of halogens is 1. The Bertz CT molecular complexity index is 1700. The molecule has 1 atom stereocenters. The lowest BCUT2D eigenvalue weighted by molar-refractivity contribution is -0.138. The van der Waals surface area contributed by atoms with Gasteiger partial charge < -0.3 is 4.74 Å². The van der Waals surface area contributed by atoms with E-state index in [1.54, 1.807) is 11.5 Å². The van der Waals surface area contributed by atoms with E-state index in [0.717, 1.165) is 20.3 Å². The summed E-state index contributed by atoms with van der Waals surface area (Å²) in [5.74, 6) is -0.111. The molecule has 5 rings (SSSR count). The van der Waals surface area contributed by atoms with Gasteiger partial charge in [-0.25, -0.2) is 9.79 Å². The van der Waals surface area contributed by atoms with Gasteiger partial charge in [0.25, 0.3) is 5.56 Å². The van der Waals surface area contributed by atoms with Gasteiger partial charge in [-0.15, -0.1) is 0 Å². The van der Waals surface area contributed by atoms with Crippen molar-refractivity contribution < 1.29 is 9.53 Å². The van der Waals surface area contributed by atoms with Crippen LogP contribution in [0.5, 0.6) is 0 Å². The molecule has 4 aromatic rings. The Labute approximate surface area is 239 Å². The van der Waals surface area contributed by atoms with Gasteiger partial charge in [0.2, 0.25) is 0 Å². The van der Waals surface area contributed by atoms with E-state index in [1.165, 1.54) is 16.9 Å². The molecule has 7 heteroatoms. The predicted octanol–water partition coefficient (Wildman–Crippen LogP) is 5.66. The lowest BCUT2D eigenvalue weighted by atomic mass is 9.91. The normalized spacial score (nSPS) is 15.4. The molecule has 1 aromatic heterocycles. The van der Waals surface area contributed by atoms with Gasteiger partial charge >= 0.3 is 5.97 Å². The lowest BCUT2D eigenvalue weighted by Crippen LogP contribution is -2.40. The smallest absolute Gasteiger partial charge is 0.338 e. The molecule has 0 N–H and O–H groups in total. The van der Waals surface area contributed by atoms with E-state index in [-0.39, 0.29) is 12.2 Å². The van der Waals surface area contributed by atoms with Gasteiger partial charge in [0, 0.05) is 9.13 Å². The van der Waals surface area contributed by atoms with Crippen molar-refractivity contribution in [3.8, 4) is 0 Å². The van der Waals surface area contributed by atoms with Crippen molar-refractivity contribution in [2.24, 2.45) is 4.99 Å². The first-order chi connectivity index (χ1) is 18.4. The van der Waals surface area contributed by atoms with Crippen LogP contribution in [-0.4, -0.2) is 17.1 Å². The number of thiazole rings is 1. The van der Waals surface area contributed by atoms with Crippen LogP contribution in [0.4, 0.5) is 0 Å². The molecular formula is C31H27IN2O3S. The standard InChI is InChI=1S/C31H27IN2O3S/c1-4-37-30(36)26-27(22-10-6-5-7-11-22)33-31-34(28(26)23-15-13-21(14-16-23)19(2)3)29(35)25(38-31)18-20-9-8-12-24(32)17-20/h5-19,28H,4H2,1-3H3/b25-18+/t28-/m0/s1. The van der Waals surface area contributed by atoms with Crippen molar-refractivity contribution in [3.05, 3.63) is 130 Å². The van der Waals surface area contributed by atoms with E-state index >= 15 is 0 Å². The molecule has 0 radical (unpaired) electrons. The summed E-state index contributed by atoms with van der Waals surface area (Å²) in [6, 6.07) is 25.1. The van der Waals surface area contributed by atoms with Crippen molar-refractivity contribution in [2.75, 3.05) is 6.61 Å². The number of esters is 1. The lowest BCUT2D eigenvalue weighted by Gasteiger charge is -2.26. The first-order valence-electron chi connectivity index (χ1n) is 12.5. The monoisotopic (exact) mass is 634 g/mol. The summed E-state index contributed by atoms with van der Waals surface area (Å²) in [5.41, 5.74) is 4.47. The molecule has 0 unspecified atom stereocenters. The minimum atomic E-state index is -0.667. The third kappa shape index (κ3) is 5.17. The number of aromatic nitrogens is 1. The highest BCUT2D eigenvalue weighted by atomic mass is 127. The summed E-state index contributed by atoms with van der Waals surface area (Å²) in [5, 5.41) is 0. The fourth-order valence-electron chi connectivity index (χ4n) is 4.57. The van der Waals surface area contributed by atoms with Gasteiger partial charge in [-0.2, -0.15) is 0 Å². The molecule has 0 bridgehead atoms. The van der Waals surface area contributed by atoms with E-state index in [4.69, 9.17) is 9.73 Å². The first kappa shape index (κ1) is 26.3. The summed E-state index contributed by atoms with van der Waals surface area (Å²) < 4.78 is 8.83. The van der Waals surface area contributed by atoms with Crippen LogP contribution < -0.4 is 14.9 Å². The van der Waals surface area contributed by atoms with Crippen molar-refractivity contribution >= 4 is 51.7 Å². The van der Waals surface area contributed by atoms with Gasteiger partial charge in [0.05, 0.1) is 28.5 Å². The zero-order chi connectivity index (χ0) is 26.8. The molecule has 0 saturated heterocycles. The Balaban J connectivity index is 1.82. The molecule has 1 aliphatic rings. The number of carbonyl (C=O) groups is 1. The number of hydrogen-bond acceptors (Lipinski definition) is 5. The Hall–Kier alpha value is -3.30. The van der Waals surface area contributed by atoms with E-state index in [0.29, 0.717) is 26.5 Å². The Morgan fingerprint density at radius 1 is 1.08 bits per heavy atom. The molecule has 2 heterocycles. The van der Waals surface area contributed by atoms with Gasteiger partial charge in [-0.1, -0.05) is 91.9 Å². The Morgan fingerprint density at radius 2 is 1.82 bits per heavy atom. The molecular weight excluding hydrogens is 607 g/mol. The van der Waals surface area contributed by atoms with Crippen LogP contribution in [0.2, 0.25) is 0 Å².